The van der Waals surface area contributed by atoms with E-state index >= 15 is 0 Å². The van der Waals surface area contributed by atoms with Gasteiger partial charge in [-0.1, -0.05) is 0 Å². The van der Waals surface area contributed by atoms with Crippen LogP contribution in [0.5, 0.6) is 0 Å². The number of thiocarbonyl (C=S) groups is 1. The lowest BCUT2D eigenvalue weighted by molar-refractivity contribution is -0.137. The van der Waals surface area contributed by atoms with E-state index < -0.39 is 0 Å². The Morgan fingerprint density at radius 3 is 2.69 bits per heavy atom. The van der Waals surface area contributed by atoms with Gasteiger partial charge < -0.3 is 29.2 Å². The maximum Gasteiger partial charge on any atom is 0.289 e. The van der Waals surface area contributed by atoms with Gasteiger partial charge in [0.05, 0.1) is 37.5 Å². The fraction of sp³-hybridized carbons (Fsp3) is 0.727. The van der Waals surface area contributed by atoms with Crippen molar-refractivity contribution < 1.29 is 28.5 Å². The normalized spacial score (nSPS) is 18.4. The van der Waals surface area contributed by atoms with Gasteiger partial charge in [-0.15, -0.1) is 11.3 Å². The Morgan fingerprint density at radius 2 is 1.94 bits per heavy atom. The first-order valence-corrected chi connectivity index (χ1v) is 13.2. The summed E-state index contributed by atoms with van der Waals surface area (Å²) in [6, 6.07) is 0. The largest absolute Gasteiger partial charge is 0.382 e. The molecule has 13 heteroatoms. The molecule has 3 N–H and O–H groups in total. The van der Waals surface area contributed by atoms with E-state index in [1.54, 1.807) is 12.5 Å². The number of hydrazine groups is 1. The zero-order valence-electron chi connectivity index (χ0n) is 20.1. The van der Waals surface area contributed by atoms with E-state index in [2.05, 4.69) is 21.2 Å². The van der Waals surface area contributed by atoms with E-state index in [-0.39, 0.29) is 30.4 Å². The zero-order valence-corrected chi connectivity index (χ0v) is 21.7. The molecule has 3 heterocycles. The summed E-state index contributed by atoms with van der Waals surface area (Å²) in [6.07, 6.45) is 3.83. The smallest absolute Gasteiger partial charge is 0.289 e. The van der Waals surface area contributed by atoms with Crippen molar-refractivity contribution >= 4 is 40.5 Å². The van der Waals surface area contributed by atoms with Crippen LogP contribution in [0.25, 0.3) is 0 Å². The van der Waals surface area contributed by atoms with Gasteiger partial charge in [-0.3, -0.25) is 20.4 Å². The number of ether oxygens (including phenoxy) is 4. The molecular weight excluding hydrogens is 494 g/mol. The molecule has 1 aromatic heterocycles. The first kappa shape index (κ1) is 27.7. The maximum absolute atomic E-state index is 12.4. The van der Waals surface area contributed by atoms with E-state index in [0.29, 0.717) is 56.9 Å². The summed E-state index contributed by atoms with van der Waals surface area (Å²) >= 11 is 6.65. The minimum absolute atomic E-state index is 0.0188. The third kappa shape index (κ3) is 9.58. The van der Waals surface area contributed by atoms with Crippen LogP contribution in [0.2, 0.25) is 0 Å². The second-order valence-electron chi connectivity index (χ2n) is 8.31. The third-order valence-electron chi connectivity index (χ3n) is 5.78. The van der Waals surface area contributed by atoms with Crippen LogP contribution in [0.15, 0.2) is 5.38 Å². The molecule has 2 saturated heterocycles. The van der Waals surface area contributed by atoms with Crippen molar-refractivity contribution in [1.29, 1.82) is 0 Å². The van der Waals surface area contributed by atoms with Crippen LogP contribution < -0.4 is 16.2 Å². The summed E-state index contributed by atoms with van der Waals surface area (Å²) in [5, 5.41) is 6.03. The Labute approximate surface area is 215 Å². The lowest BCUT2D eigenvalue weighted by Gasteiger charge is -2.31. The first-order valence-electron chi connectivity index (χ1n) is 11.9. The summed E-state index contributed by atoms with van der Waals surface area (Å²) in [7, 11) is 1.62. The van der Waals surface area contributed by atoms with Crippen molar-refractivity contribution in [1.82, 2.24) is 26.1 Å². The summed E-state index contributed by atoms with van der Waals surface area (Å²) in [5.41, 5.74) is 5.63. The summed E-state index contributed by atoms with van der Waals surface area (Å²) in [6.45, 7) is 4.60. The Hall–Kier alpha value is -1.90. The molecule has 0 radical (unpaired) electrons. The molecule has 2 aliphatic rings. The van der Waals surface area contributed by atoms with Crippen LogP contribution in [0.1, 0.15) is 47.1 Å². The highest BCUT2D eigenvalue weighted by Gasteiger charge is 2.26. The maximum atomic E-state index is 12.4. The Balaban J connectivity index is 1.31. The lowest BCUT2D eigenvalue weighted by atomic mass is 9.97. The molecule has 2 fully saturated rings. The molecular formula is C22H35N5O6S2. The molecule has 3 rings (SSSR count). The molecule has 2 amide bonds. The first-order chi connectivity index (χ1) is 17.1. The van der Waals surface area contributed by atoms with Crippen LogP contribution in [-0.4, -0.2) is 99.3 Å². The molecule has 0 bridgehead atoms. The average Bonchev–Trinajstić information content (AvgIpc) is 3.58. The molecule has 35 heavy (non-hydrogen) atoms. The number of carbonyl (C=O) groups excluding carboxylic acids is 2. The van der Waals surface area contributed by atoms with Gasteiger partial charge in [0, 0.05) is 44.6 Å². The Bertz CT molecular complexity index is 812. The topological polar surface area (TPSA) is 123 Å². The number of piperidine rings is 1. The van der Waals surface area contributed by atoms with Crippen LogP contribution in [0.3, 0.4) is 0 Å². The van der Waals surface area contributed by atoms with Gasteiger partial charge in [0.25, 0.3) is 5.91 Å². The molecule has 11 nitrogen and oxygen atoms in total. The average molecular weight is 530 g/mol. The number of nitrogens with zero attached hydrogens (tertiary/aromatic N) is 2. The van der Waals surface area contributed by atoms with Gasteiger partial charge in [-0.25, -0.2) is 4.98 Å². The van der Waals surface area contributed by atoms with Crippen LogP contribution in [0, 0.1) is 0 Å². The van der Waals surface area contributed by atoms with Gasteiger partial charge in [0.15, 0.2) is 5.11 Å². The Morgan fingerprint density at radius 1 is 1.17 bits per heavy atom. The number of rotatable bonds is 12. The van der Waals surface area contributed by atoms with E-state index in [0.717, 1.165) is 37.3 Å². The van der Waals surface area contributed by atoms with Gasteiger partial charge in [-0.2, -0.15) is 0 Å². The van der Waals surface area contributed by atoms with E-state index in [4.69, 9.17) is 31.2 Å². The molecule has 0 aromatic carbocycles. The number of hydrogen-bond donors (Lipinski definition) is 3. The monoisotopic (exact) mass is 529 g/mol. The molecule has 1 unspecified atom stereocenters. The molecule has 0 saturated carbocycles. The van der Waals surface area contributed by atoms with Gasteiger partial charge in [-0.05, 0) is 37.9 Å². The molecule has 1 aromatic rings. The summed E-state index contributed by atoms with van der Waals surface area (Å²) in [5.74, 6) is -0.137. The SMILES string of the molecule is COCCOCCOCC(=O)N1CCC(c2nc(C(=O)NNC(=S)NCC3CCCO3)cs2)CC1. The van der Waals surface area contributed by atoms with Crippen LogP contribution in [-0.2, 0) is 23.7 Å². The van der Waals surface area contributed by atoms with E-state index in [9.17, 15) is 9.59 Å². The van der Waals surface area contributed by atoms with Gasteiger partial charge >= 0.3 is 0 Å². The summed E-state index contributed by atoms with van der Waals surface area (Å²) in [4.78, 5) is 31.1. The molecule has 2 aliphatic heterocycles. The number of carbonyl (C=O) groups is 2. The fourth-order valence-electron chi connectivity index (χ4n) is 3.80. The number of likely N-dealkylation sites (tertiary alicyclic amines) is 1. The minimum Gasteiger partial charge on any atom is -0.382 e. The number of thiazole rings is 1. The number of nitrogens with one attached hydrogen (secondary N) is 3. The second kappa shape index (κ2) is 15.3. The van der Waals surface area contributed by atoms with Crippen molar-refractivity contribution in [3.63, 3.8) is 0 Å². The number of aromatic nitrogens is 1. The Kier molecular flexibility index (Phi) is 12.1. The zero-order chi connectivity index (χ0) is 24.9. The quantitative estimate of drug-likeness (QED) is 0.204. The summed E-state index contributed by atoms with van der Waals surface area (Å²) < 4.78 is 21.2. The van der Waals surface area contributed by atoms with E-state index in [1.165, 1.54) is 11.3 Å². The van der Waals surface area contributed by atoms with Crippen molar-refractivity contribution in [2.45, 2.75) is 37.7 Å². The standard InChI is InChI=1S/C22H35N5O6S2/c1-30-9-10-31-11-12-32-14-19(28)27-6-4-16(5-7-27)21-24-18(15-35-21)20(29)25-26-22(34)23-13-17-3-2-8-33-17/h15-17H,2-14H2,1H3,(H,25,29)(H2,23,26,34). The van der Waals surface area contributed by atoms with Crippen molar-refractivity contribution in [2.75, 3.05) is 66.4 Å². The highest BCUT2D eigenvalue weighted by Crippen LogP contribution is 2.30. The highest BCUT2D eigenvalue weighted by molar-refractivity contribution is 7.80. The predicted octanol–water partition coefficient (Wildman–Crippen LogP) is 0.817. The molecule has 0 spiro atoms. The molecule has 1 atom stereocenters. The highest BCUT2D eigenvalue weighted by atomic mass is 32.1. The fourth-order valence-corrected chi connectivity index (χ4v) is 4.91. The molecule has 0 aliphatic carbocycles. The van der Waals surface area contributed by atoms with Gasteiger partial charge in [0.1, 0.15) is 12.3 Å². The predicted molar refractivity (Wildman–Crippen MR) is 134 cm³/mol. The second-order valence-corrected chi connectivity index (χ2v) is 9.61. The van der Waals surface area contributed by atoms with Crippen LogP contribution in [0.4, 0.5) is 0 Å². The third-order valence-corrected chi connectivity index (χ3v) is 7.04. The van der Waals surface area contributed by atoms with Crippen molar-refractivity contribution in [3.8, 4) is 0 Å². The van der Waals surface area contributed by atoms with Crippen molar-refractivity contribution in [3.05, 3.63) is 16.1 Å². The number of hydrogen-bond acceptors (Lipinski definition) is 9. The number of methoxy groups -OCH3 is 1. The van der Waals surface area contributed by atoms with Gasteiger partial charge in [0.2, 0.25) is 5.91 Å². The number of amides is 2. The molecule has 196 valence electrons. The lowest BCUT2D eigenvalue weighted by Crippen LogP contribution is -2.48. The van der Waals surface area contributed by atoms with Crippen molar-refractivity contribution in [2.24, 2.45) is 0 Å². The van der Waals surface area contributed by atoms with Crippen LogP contribution >= 0.6 is 23.6 Å². The minimum atomic E-state index is -0.343. The van der Waals surface area contributed by atoms with E-state index in [1.807, 2.05) is 4.90 Å².